The first-order chi connectivity index (χ1) is 8.88. The van der Waals surface area contributed by atoms with Gasteiger partial charge in [-0.15, -0.1) is 0 Å². The highest BCUT2D eigenvalue weighted by atomic mass is 35.5. The van der Waals surface area contributed by atoms with Gasteiger partial charge < -0.3 is 9.84 Å². The lowest BCUT2D eigenvalue weighted by Gasteiger charge is -2.05. The van der Waals surface area contributed by atoms with Gasteiger partial charge in [-0.25, -0.2) is 14.2 Å². The van der Waals surface area contributed by atoms with Gasteiger partial charge in [-0.3, -0.25) is 4.79 Å². The van der Waals surface area contributed by atoms with Crippen molar-refractivity contribution in [3.05, 3.63) is 39.6 Å². The number of ether oxygens (including phenoxy) is 1. The third kappa shape index (κ3) is 3.65. The molecule has 0 aliphatic rings. The molecule has 0 radical (unpaired) electrons. The second-order valence-corrected chi connectivity index (χ2v) is 3.94. The van der Waals surface area contributed by atoms with E-state index >= 15 is 0 Å². The number of carbonyl (C=O) groups is 2. The molecule has 0 fully saturated rings. The van der Waals surface area contributed by atoms with Crippen molar-refractivity contribution in [2.24, 2.45) is 0 Å². The Bertz CT molecular complexity index is 560. The van der Waals surface area contributed by atoms with E-state index < -0.39 is 33.9 Å². The molecular formula is C11H8Cl2FNO4. The quantitative estimate of drug-likeness (QED) is 0.226. The van der Waals surface area contributed by atoms with Gasteiger partial charge in [0.15, 0.2) is 11.0 Å². The maximum absolute atomic E-state index is 13.2. The van der Waals surface area contributed by atoms with Crippen molar-refractivity contribution in [3.8, 4) is 0 Å². The van der Waals surface area contributed by atoms with Gasteiger partial charge in [-0.1, -0.05) is 23.2 Å². The van der Waals surface area contributed by atoms with Crippen LogP contribution < -0.4 is 0 Å². The van der Waals surface area contributed by atoms with Crippen molar-refractivity contribution in [2.45, 2.75) is 6.92 Å². The zero-order valence-electron chi connectivity index (χ0n) is 9.61. The average molecular weight is 308 g/mol. The summed E-state index contributed by atoms with van der Waals surface area (Å²) in [6.45, 7) is 1.78. The fourth-order valence-corrected chi connectivity index (χ4v) is 1.52. The highest BCUT2D eigenvalue weighted by Gasteiger charge is 2.24. The van der Waals surface area contributed by atoms with Gasteiger partial charge in [0.25, 0.3) is 0 Å². The Morgan fingerprint density at radius 2 is 2.11 bits per heavy atom. The van der Waals surface area contributed by atoms with Crippen molar-refractivity contribution in [1.29, 1.82) is 0 Å². The minimum atomic E-state index is -1.52. The largest absolute Gasteiger partial charge is 0.500 e. The summed E-state index contributed by atoms with van der Waals surface area (Å²) >= 11 is 11.0. The monoisotopic (exact) mass is 307 g/mol. The van der Waals surface area contributed by atoms with Crippen LogP contribution in [0, 0.1) is 5.82 Å². The Morgan fingerprint density at radius 3 is 2.63 bits per heavy atom. The molecule has 0 unspecified atom stereocenters. The first-order valence-electron chi connectivity index (χ1n) is 4.99. The van der Waals surface area contributed by atoms with Crippen molar-refractivity contribution in [3.63, 3.8) is 0 Å². The van der Waals surface area contributed by atoms with E-state index in [-0.39, 0.29) is 11.8 Å². The Kier molecular flexibility index (Phi) is 5.26. The maximum Gasteiger partial charge on any atom is 0.342 e. The fourth-order valence-electron chi connectivity index (χ4n) is 1.12. The summed E-state index contributed by atoms with van der Waals surface area (Å²) in [5.74, 6) is -3.52. The van der Waals surface area contributed by atoms with E-state index in [2.05, 4.69) is 4.98 Å². The Balaban J connectivity index is 3.24. The van der Waals surface area contributed by atoms with E-state index in [4.69, 9.17) is 33.0 Å². The molecule has 0 aliphatic heterocycles. The van der Waals surface area contributed by atoms with Crippen molar-refractivity contribution in [1.82, 2.24) is 4.98 Å². The zero-order valence-corrected chi connectivity index (χ0v) is 11.1. The van der Waals surface area contributed by atoms with Crippen LogP contribution in [0.3, 0.4) is 0 Å². The van der Waals surface area contributed by atoms with Crippen LogP contribution in [-0.2, 0) is 9.53 Å². The molecule has 0 aromatic carbocycles. The number of aliphatic carboxylic acids is 1. The SMILES string of the molecule is CCOC=C(C(=O)O)C(=O)c1cc(F)c(Cl)nc1Cl. The number of carboxylic acid groups (broad SMARTS) is 1. The number of nitrogens with zero attached hydrogens (tertiary/aromatic N) is 1. The number of aromatic nitrogens is 1. The summed E-state index contributed by atoms with van der Waals surface area (Å²) in [4.78, 5) is 26.2. The normalized spacial score (nSPS) is 11.3. The third-order valence-corrected chi connectivity index (χ3v) is 2.53. The van der Waals surface area contributed by atoms with Crippen LogP contribution in [0.4, 0.5) is 4.39 Å². The first kappa shape index (κ1) is 15.4. The van der Waals surface area contributed by atoms with E-state index in [1.807, 2.05) is 0 Å². The van der Waals surface area contributed by atoms with Gasteiger partial charge in [0, 0.05) is 0 Å². The molecule has 0 saturated carbocycles. The molecule has 0 spiro atoms. The summed E-state index contributed by atoms with van der Waals surface area (Å²) < 4.78 is 18.0. The van der Waals surface area contributed by atoms with Gasteiger partial charge in [0.1, 0.15) is 17.0 Å². The van der Waals surface area contributed by atoms with Crippen LogP contribution in [0.1, 0.15) is 17.3 Å². The Hall–Kier alpha value is -1.66. The topological polar surface area (TPSA) is 76.5 Å². The standard InChI is InChI=1S/C11H8Cl2FNO4/c1-2-19-4-6(11(17)18)8(16)5-3-7(14)10(13)15-9(5)12/h3-4H,2H2,1H3,(H,17,18). The molecule has 1 N–H and O–H groups in total. The van der Waals surface area contributed by atoms with E-state index in [0.29, 0.717) is 0 Å². The van der Waals surface area contributed by atoms with Crippen LogP contribution in [0.15, 0.2) is 17.9 Å². The van der Waals surface area contributed by atoms with Crippen LogP contribution >= 0.6 is 23.2 Å². The molecule has 1 aromatic heterocycles. The van der Waals surface area contributed by atoms with Crippen LogP contribution in [0.2, 0.25) is 10.3 Å². The third-order valence-electron chi connectivity index (χ3n) is 1.97. The minimum Gasteiger partial charge on any atom is -0.500 e. The summed E-state index contributed by atoms with van der Waals surface area (Å²) in [5.41, 5.74) is -1.09. The summed E-state index contributed by atoms with van der Waals surface area (Å²) in [6.07, 6.45) is 0.771. The molecule has 102 valence electrons. The molecule has 1 heterocycles. The number of Topliss-reactive ketones (excluding diaryl/α,β-unsaturated/α-hetero) is 1. The van der Waals surface area contributed by atoms with Crippen LogP contribution in [0.5, 0.6) is 0 Å². The number of rotatable bonds is 5. The van der Waals surface area contributed by atoms with Gasteiger partial charge in [0.2, 0.25) is 5.78 Å². The fraction of sp³-hybridized carbons (Fsp3) is 0.182. The lowest BCUT2D eigenvalue weighted by molar-refractivity contribution is -0.132. The summed E-state index contributed by atoms with van der Waals surface area (Å²) in [6, 6.07) is 0.725. The molecule has 0 atom stereocenters. The molecule has 8 heteroatoms. The molecule has 0 aliphatic carbocycles. The number of halogens is 3. The number of ketones is 1. The van der Waals surface area contributed by atoms with Gasteiger partial charge in [-0.2, -0.15) is 0 Å². The lowest BCUT2D eigenvalue weighted by atomic mass is 10.1. The molecule has 0 amide bonds. The van der Waals surface area contributed by atoms with Crippen molar-refractivity contribution >= 4 is 35.0 Å². The molecule has 0 saturated heterocycles. The summed E-state index contributed by atoms with van der Waals surface area (Å²) in [5, 5.41) is 8.00. The lowest BCUT2D eigenvalue weighted by Crippen LogP contribution is -2.14. The van der Waals surface area contributed by atoms with Crippen molar-refractivity contribution < 1.29 is 23.8 Å². The highest BCUT2D eigenvalue weighted by Crippen LogP contribution is 2.22. The Morgan fingerprint density at radius 1 is 1.47 bits per heavy atom. The van der Waals surface area contributed by atoms with E-state index in [9.17, 15) is 14.0 Å². The second kappa shape index (κ2) is 6.49. The number of hydrogen-bond acceptors (Lipinski definition) is 4. The average Bonchev–Trinajstić information content (AvgIpc) is 2.33. The maximum atomic E-state index is 13.2. The Labute approximate surface area is 117 Å². The molecule has 1 aromatic rings. The van der Waals surface area contributed by atoms with E-state index in [0.717, 1.165) is 12.3 Å². The molecular weight excluding hydrogens is 300 g/mol. The molecule has 1 rings (SSSR count). The smallest absolute Gasteiger partial charge is 0.342 e. The van der Waals surface area contributed by atoms with Crippen LogP contribution in [-0.4, -0.2) is 28.4 Å². The zero-order chi connectivity index (χ0) is 14.6. The van der Waals surface area contributed by atoms with Gasteiger partial charge in [-0.05, 0) is 13.0 Å². The number of carboxylic acids is 1. The van der Waals surface area contributed by atoms with Gasteiger partial charge in [0.05, 0.1) is 12.2 Å². The first-order valence-corrected chi connectivity index (χ1v) is 5.75. The predicted molar refractivity (Wildman–Crippen MR) is 65.9 cm³/mol. The number of pyridine rings is 1. The molecule has 5 nitrogen and oxygen atoms in total. The van der Waals surface area contributed by atoms with Gasteiger partial charge >= 0.3 is 5.97 Å². The number of hydrogen-bond donors (Lipinski definition) is 1. The molecule has 19 heavy (non-hydrogen) atoms. The van der Waals surface area contributed by atoms with E-state index in [1.165, 1.54) is 0 Å². The minimum absolute atomic E-state index is 0.172. The summed E-state index contributed by atoms with van der Waals surface area (Å²) in [7, 11) is 0. The van der Waals surface area contributed by atoms with Crippen LogP contribution in [0.25, 0.3) is 0 Å². The predicted octanol–water partition coefficient (Wildman–Crippen LogP) is 2.72. The second-order valence-electron chi connectivity index (χ2n) is 3.22. The van der Waals surface area contributed by atoms with E-state index in [1.54, 1.807) is 6.92 Å². The van der Waals surface area contributed by atoms with Crippen molar-refractivity contribution in [2.75, 3.05) is 6.61 Å². The molecule has 0 bridgehead atoms. The highest BCUT2D eigenvalue weighted by molar-refractivity contribution is 6.37. The number of carbonyl (C=O) groups excluding carboxylic acids is 1.